The van der Waals surface area contributed by atoms with Gasteiger partial charge in [-0.3, -0.25) is 0 Å². The van der Waals surface area contributed by atoms with E-state index in [1.54, 1.807) is 0 Å². The first-order valence-corrected chi connectivity index (χ1v) is 0. The van der Waals surface area contributed by atoms with Gasteiger partial charge >= 0.3 is 18.6 Å². The van der Waals surface area contributed by atoms with Crippen LogP contribution in [0.4, 0.5) is 0 Å². The molecule has 0 amide bonds. The fraction of sp³-hybridized carbons (Fsp3) is 0.333. The van der Waals surface area contributed by atoms with E-state index >= 15 is 0 Å². The molecule has 0 saturated heterocycles. The Bertz CT molecular complexity index is 3.25. The summed E-state index contributed by atoms with van der Waals surface area (Å²) in [6.45, 7) is 0. The summed E-state index contributed by atoms with van der Waals surface area (Å²) in [6, 6.07) is 0. The Kier molecular flexibility index (Phi) is 3020. The molecular weight excluding hydrogens is 87.0 g/mol. The molecule has 0 aliphatic carbocycles. The monoisotopic (exact) mass is 97.0 g/mol. The molecule has 0 unspecified atom stereocenters. The second kappa shape index (κ2) is 70.1. The molecule has 1 heteroatoms. The summed E-state index contributed by atoms with van der Waals surface area (Å²) in [6.07, 6.45) is 0. The van der Waals surface area contributed by atoms with Gasteiger partial charge in [-0.15, -0.1) is 0 Å². The van der Waals surface area contributed by atoms with Crippen LogP contribution in [0.5, 0.6) is 0 Å². The Morgan fingerprint density at radius 3 is 0.750 bits per heavy atom. The minimum Gasteiger partial charge on any atom is -0.358 e. The van der Waals surface area contributed by atoms with Gasteiger partial charge in [0.2, 0.25) is 0 Å². The quantitative estimate of drug-likeness (QED) is 0.402. The van der Waals surface area contributed by atoms with Crippen LogP contribution in [0.25, 0.3) is 0 Å². The van der Waals surface area contributed by atoms with E-state index in [9.17, 15) is 0 Å². The molecule has 0 aliphatic heterocycles. The number of hydrogen-bond acceptors (Lipinski definition) is 0. The SMILES string of the molecule is C.[CH3-].[CH3-].[V+2]. The van der Waals surface area contributed by atoms with Crippen molar-refractivity contribution in [1.82, 2.24) is 0 Å². The molecule has 0 aromatic carbocycles. The van der Waals surface area contributed by atoms with E-state index in [2.05, 4.69) is 0 Å². The van der Waals surface area contributed by atoms with Crippen LogP contribution < -0.4 is 0 Å². The van der Waals surface area contributed by atoms with Crippen molar-refractivity contribution in [3.05, 3.63) is 14.9 Å². The van der Waals surface area contributed by atoms with Crippen LogP contribution >= 0.6 is 0 Å². The van der Waals surface area contributed by atoms with Crippen LogP contribution in [0.3, 0.4) is 0 Å². The van der Waals surface area contributed by atoms with E-state index in [0.717, 1.165) is 0 Å². The zero-order valence-corrected chi connectivity index (χ0v) is 3.84. The van der Waals surface area contributed by atoms with Crippen LogP contribution in [-0.4, -0.2) is 0 Å². The predicted octanol–water partition coefficient (Wildman–Crippen LogP) is 1.53. The molecular formula is C3H10V. The molecule has 0 N–H and O–H groups in total. The van der Waals surface area contributed by atoms with Crippen molar-refractivity contribution in [3.8, 4) is 0 Å². The van der Waals surface area contributed by atoms with E-state index in [4.69, 9.17) is 0 Å². The van der Waals surface area contributed by atoms with Gasteiger partial charge in [0.05, 0.1) is 0 Å². The largest absolute Gasteiger partial charge is 2.00 e. The van der Waals surface area contributed by atoms with Crippen molar-refractivity contribution in [2.75, 3.05) is 0 Å². The van der Waals surface area contributed by atoms with Gasteiger partial charge in [-0.1, -0.05) is 7.43 Å². The summed E-state index contributed by atoms with van der Waals surface area (Å²) >= 11 is 0. The molecule has 4 heavy (non-hydrogen) atoms. The minimum absolute atomic E-state index is 0. The standard InChI is InChI=1S/CH4.2CH3.V/h1H4;2*1H3;/q;2*-1;+2. The first-order valence-electron chi connectivity index (χ1n) is 0. The first-order chi connectivity index (χ1) is 0. The molecule has 0 aromatic heterocycles. The molecule has 0 rings (SSSR count). The molecule has 0 fully saturated rings. The molecule has 0 spiro atoms. The van der Waals surface area contributed by atoms with E-state index in [1.165, 1.54) is 0 Å². The molecule has 0 atom stereocenters. The summed E-state index contributed by atoms with van der Waals surface area (Å²) in [4.78, 5) is 0. The fourth-order valence-corrected chi connectivity index (χ4v) is 0. The summed E-state index contributed by atoms with van der Waals surface area (Å²) in [5, 5.41) is 0. The third kappa shape index (κ3) is 19.0. The molecule has 27 valence electrons. The summed E-state index contributed by atoms with van der Waals surface area (Å²) in [5.74, 6) is 0. The molecule has 0 nitrogen and oxygen atoms in total. The van der Waals surface area contributed by atoms with Gasteiger partial charge in [-0.25, -0.2) is 0 Å². The second-order valence-electron chi connectivity index (χ2n) is 0. The van der Waals surface area contributed by atoms with E-state index in [-0.39, 0.29) is 40.8 Å². The average molecular weight is 97.1 g/mol. The summed E-state index contributed by atoms with van der Waals surface area (Å²) < 4.78 is 0. The zero-order valence-electron chi connectivity index (χ0n) is 2.45. The third-order valence-electron chi connectivity index (χ3n) is 0. The number of hydrogen-bond donors (Lipinski definition) is 0. The predicted molar refractivity (Wildman–Crippen MR) is 19.6 cm³/mol. The Balaban J connectivity index is 0. The summed E-state index contributed by atoms with van der Waals surface area (Å²) in [7, 11) is 0. The normalized spacial score (nSPS) is 0. The van der Waals surface area contributed by atoms with E-state index in [1.807, 2.05) is 0 Å². The zero-order chi connectivity index (χ0) is 0. The number of rotatable bonds is 0. The van der Waals surface area contributed by atoms with Crippen LogP contribution in [0, 0.1) is 14.9 Å². The van der Waals surface area contributed by atoms with Crippen molar-refractivity contribution in [3.63, 3.8) is 0 Å². The van der Waals surface area contributed by atoms with Crippen LogP contribution in [-0.2, 0) is 18.6 Å². The van der Waals surface area contributed by atoms with Gasteiger partial charge in [0, 0.05) is 0 Å². The second-order valence-corrected chi connectivity index (χ2v) is 0. The summed E-state index contributed by atoms with van der Waals surface area (Å²) in [5.41, 5.74) is 0. The fourth-order valence-electron chi connectivity index (χ4n) is 0. The first kappa shape index (κ1) is 172. The molecule has 1 radical (unpaired) electrons. The Hall–Kier alpha value is 0.584. The van der Waals surface area contributed by atoms with Crippen molar-refractivity contribution in [1.29, 1.82) is 0 Å². The smallest absolute Gasteiger partial charge is 0.358 e. The van der Waals surface area contributed by atoms with Crippen molar-refractivity contribution >= 4 is 0 Å². The van der Waals surface area contributed by atoms with Crippen molar-refractivity contribution in [2.45, 2.75) is 7.43 Å². The van der Waals surface area contributed by atoms with Gasteiger partial charge in [-0.05, 0) is 0 Å². The molecule has 0 saturated carbocycles. The van der Waals surface area contributed by atoms with Gasteiger partial charge < -0.3 is 14.9 Å². The van der Waals surface area contributed by atoms with Gasteiger partial charge in [0.1, 0.15) is 0 Å². The van der Waals surface area contributed by atoms with Gasteiger partial charge in [0.25, 0.3) is 0 Å². The third-order valence-corrected chi connectivity index (χ3v) is 0. The Morgan fingerprint density at radius 1 is 0.750 bits per heavy atom. The Morgan fingerprint density at radius 2 is 0.750 bits per heavy atom. The van der Waals surface area contributed by atoms with Crippen LogP contribution in [0.2, 0.25) is 0 Å². The minimum atomic E-state index is 0. The van der Waals surface area contributed by atoms with Crippen LogP contribution in [0.15, 0.2) is 0 Å². The van der Waals surface area contributed by atoms with E-state index in [0.29, 0.717) is 0 Å². The van der Waals surface area contributed by atoms with E-state index < -0.39 is 0 Å². The molecule has 0 heterocycles. The maximum Gasteiger partial charge on any atom is 2.00 e. The molecule has 0 bridgehead atoms. The molecule has 0 aromatic rings. The molecule has 0 aliphatic rings. The van der Waals surface area contributed by atoms with Gasteiger partial charge in [-0.2, -0.15) is 0 Å². The van der Waals surface area contributed by atoms with Crippen LogP contribution in [0.1, 0.15) is 7.43 Å². The maximum absolute atomic E-state index is 0. The van der Waals surface area contributed by atoms with Crippen molar-refractivity contribution in [2.24, 2.45) is 0 Å². The Labute approximate surface area is 41.5 Å². The maximum atomic E-state index is 0. The average Bonchev–Trinajstić information content (AvgIpc) is 0. The topological polar surface area (TPSA) is 0 Å². The van der Waals surface area contributed by atoms with Gasteiger partial charge in [0.15, 0.2) is 0 Å². The van der Waals surface area contributed by atoms with Crippen molar-refractivity contribution < 1.29 is 18.6 Å².